The lowest BCUT2D eigenvalue weighted by Crippen LogP contribution is -2.65. The molecule has 0 saturated heterocycles. The van der Waals surface area contributed by atoms with E-state index in [1.165, 1.54) is 44.1 Å². The first-order chi connectivity index (χ1) is 16.8. The van der Waals surface area contributed by atoms with Crippen molar-refractivity contribution in [3.63, 3.8) is 0 Å². The van der Waals surface area contributed by atoms with Crippen LogP contribution in [-0.4, -0.2) is 86.6 Å². The van der Waals surface area contributed by atoms with Crippen LogP contribution in [0.4, 0.5) is 0 Å². The molecule has 5 atom stereocenters. The molecule has 15 heteroatoms. The molecule has 3 aliphatic carbocycles. The topological polar surface area (TPSA) is 262 Å². The van der Waals surface area contributed by atoms with Gasteiger partial charge in [-0.3, -0.25) is 23.8 Å². The van der Waals surface area contributed by atoms with Gasteiger partial charge in [-0.15, -0.1) is 0 Å². The number of fused-ring (bicyclic) bond motifs is 3. The van der Waals surface area contributed by atoms with Crippen molar-refractivity contribution in [1.29, 1.82) is 0 Å². The van der Waals surface area contributed by atoms with E-state index in [1.807, 2.05) is 0 Å². The van der Waals surface area contributed by atoms with Crippen molar-refractivity contribution in [2.24, 2.45) is 22.7 Å². The van der Waals surface area contributed by atoms with Crippen LogP contribution >= 0.6 is 0 Å². The number of hydrogen-bond donors (Lipinski definition) is 8. The molecule has 0 heterocycles. The standard InChI is InChI=1S/C22H24N2O8.H3NO3S/c1-21(31)8-5-4-6-11(25)12(8)16(26)13-9(21)7-10-15(24(2)3)17(27)14(20(23)30)19(29)22(10,32)18(13)28;1-5(2,3)4/h4-6,9-10,15,25,27-28,31-32H,7H2,1-3H3,(H2,23,30);(H3,1,2,3,4)/t9-,10-,15-,21+,22-;/m0./s1. The molecule has 0 bridgehead atoms. The molecular weight excluding hydrogens is 514 g/mol. The van der Waals surface area contributed by atoms with Crippen LogP contribution in [0, 0.1) is 11.8 Å². The third-order valence-corrected chi connectivity index (χ3v) is 7.02. The Hall–Kier alpha value is -3.34. The lowest BCUT2D eigenvalue weighted by molar-refractivity contribution is -0.151. The Morgan fingerprint density at radius 2 is 1.68 bits per heavy atom. The van der Waals surface area contributed by atoms with Crippen LogP contribution in [0.25, 0.3) is 0 Å². The molecular formula is C22H27N3O11S. The lowest BCUT2D eigenvalue weighted by atomic mass is 9.55. The summed E-state index contributed by atoms with van der Waals surface area (Å²) in [7, 11) is -1.10. The molecule has 0 aromatic heterocycles. The number of ketones is 2. The second-order valence-electron chi connectivity index (χ2n) is 9.48. The number of benzene rings is 1. The van der Waals surface area contributed by atoms with E-state index in [0.29, 0.717) is 0 Å². The first-order valence-electron chi connectivity index (χ1n) is 10.7. The summed E-state index contributed by atoms with van der Waals surface area (Å²) in [5.41, 5.74) is -0.654. The number of likely N-dealkylation sites (N-methyl/N-ethyl adjacent to an activating group) is 1. The maximum atomic E-state index is 13.3. The van der Waals surface area contributed by atoms with Crippen molar-refractivity contribution in [3.05, 3.63) is 52.0 Å². The zero-order valence-electron chi connectivity index (χ0n) is 19.9. The maximum Gasteiger partial charge on any atom is 0.330 e. The number of phenols is 1. The van der Waals surface area contributed by atoms with Crippen molar-refractivity contribution in [2.75, 3.05) is 14.1 Å². The predicted octanol–water partition coefficient (Wildman–Crippen LogP) is -1.47. The van der Waals surface area contributed by atoms with Gasteiger partial charge in [0.05, 0.1) is 17.2 Å². The molecule has 10 N–H and O–H groups in total. The van der Waals surface area contributed by atoms with Gasteiger partial charge in [0.1, 0.15) is 22.8 Å². The minimum atomic E-state index is -4.17. The zero-order valence-corrected chi connectivity index (χ0v) is 20.7. The SMILES string of the molecule is CN(C)[C@@H]1C(O)=C(C(N)=O)C(=O)[C@@]2(O)C(O)=C3C(=O)c4c(O)cccc4[C@@](C)(O)[C@H]3C[C@@H]12.NS(=O)(=O)O. The van der Waals surface area contributed by atoms with E-state index in [4.69, 9.17) is 18.7 Å². The molecule has 14 nitrogen and oxygen atoms in total. The average Bonchev–Trinajstić information content (AvgIpc) is 2.73. The van der Waals surface area contributed by atoms with Crippen molar-refractivity contribution in [2.45, 2.75) is 30.6 Å². The Morgan fingerprint density at radius 3 is 2.16 bits per heavy atom. The monoisotopic (exact) mass is 541 g/mol. The summed E-state index contributed by atoms with van der Waals surface area (Å²) in [5, 5.41) is 58.9. The van der Waals surface area contributed by atoms with Gasteiger partial charge in [0.2, 0.25) is 5.78 Å². The Kier molecular flexibility index (Phi) is 6.79. The van der Waals surface area contributed by atoms with E-state index >= 15 is 0 Å². The minimum Gasteiger partial charge on any atom is -0.510 e. The highest BCUT2D eigenvalue weighted by atomic mass is 32.2. The summed E-state index contributed by atoms with van der Waals surface area (Å²) in [5.74, 6) is -7.89. The molecule has 1 amide bonds. The largest absolute Gasteiger partial charge is 0.510 e. The second-order valence-corrected chi connectivity index (χ2v) is 10.5. The summed E-state index contributed by atoms with van der Waals surface area (Å²) in [6.07, 6.45) is -0.200. The van der Waals surface area contributed by atoms with Gasteiger partial charge in [0, 0.05) is 17.4 Å². The number of primary amides is 1. The van der Waals surface area contributed by atoms with Crippen LogP contribution in [0.5, 0.6) is 5.75 Å². The number of phenolic OH excluding ortho intramolecular Hbond substituents is 1. The van der Waals surface area contributed by atoms with Gasteiger partial charge in [-0.1, -0.05) is 12.1 Å². The Bertz CT molecular complexity index is 1370. The van der Waals surface area contributed by atoms with Crippen LogP contribution in [0.1, 0.15) is 29.3 Å². The van der Waals surface area contributed by atoms with E-state index in [2.05, 4.69) is 5.14 Å². The molecule has 1 aromatic rings. The first kappa shape index (κ1) is 28.2. The highest BCUT2D eigenvalue weighted by Gasteiger charge is 2.65. The molecule has 0 aliphatic heterocycles. The average molecular weight is 542 g/mol. The predicted molar refractivity (Wildman–Crippen MR) is 125 cm³/mol. The second kappa shape index (κ2) is 8.90. The Balaban J connectivity index is 0.000000695. The molecule has 4 rings (SSSR count). The molecule has 0 spiro atoms. The molecule has 0 radical (unpaired) electrons. The first-order valence-corrected chi connectivity index (χ1v) is 12.2. The maximum absolute atomic E-state index is 13.3. The molecule has 0 saturated carbocycles. The van der Waals surface area contributed by atoms with Crippen LogP contribution in [0.2, 0.25) is 0 Å². The summed E-state index contributed by atoms with van der Waals surface area (Å²) in [6.45, 7) is 1.40. The van der Waals surface area contributed by atoms with Crippen LogP contribution in [0.15, 0.2) is 40.9 Å². The Morgan fingerprint density at radius 1 is 1.14 bits per heavy atom. The highest BCUT2D eigenvalue weighted by molar-refractivity contribution is 7.83. The van der Waals surface area contributed by atoms with Crippen molar-refractivity contribution in [3.8, 4) is 5.75 Å². The Labute approximate surface area is 211 Å². The van der Waals surface area contributed by atoms with E-state index in [0.717, 1.165) is 0 Å². The third kappa shape index (κ3) is 4.28. The fourth-order valence-corrected chi connectivity index (χ4v) is 5.51. The number of hydrogen-bond acceptors (Lipinski definition) is 11. The normalized spacial score (nSPS) is 31.3. The fraction of sp³-hybridized carbons (Fsp3) is 0.409. The van der Waals surface area contributed by atoms with Gasteiger partial charge < -0.3 is 31.3 Å². The van der Waals surface area contributed by atoms with Crippen LogP contribution in [0.3, 0.4) is 0 Å². The lowest BCUT2D eigenvalue weighted by Gasteiger charge is -2.52. The van der Waals surface area contributed by atoms with Gasteiger partial charge >= 0.3 is 10.3 Å². The van der Waals surface area contributed by atoms with Crippen molar-refractivity contribution in [1.82, 2.24) is 4.90 Å². The summed E-state index contributed by atoms with van der Waals surface area (Å²) < 4.78 is 25.2. The minimum absolute atomic E-state index is 0.135. The fourth-order valence-electron chi connectivity index (χ4n) is 5.51. The quantitative estimate of drug-likeness (QED) is 0.158. The van der Waals surface area contributed by atoms with E-state index in [9.17, 15) is 39.9 Å². The number of nitrogens with two attached hydrogens (primary N) is 2. The number of carbonyl (C=O) groups excluding carboxylic acids is 3. The molecule has 202 valence electrons. The molecule has 0 unspecified atom stereocenters. The molecule has 1 aromatic carbocycles. The number of aromatic hydroxyl groups is 1. The number of amides is 1. The molecule has 37 heavy (non-hydrogen) atoms. The van der Waals surface area contributed by atoms with Gasteiger partial charge in [-0.25, -0.2) is 5.14 Å². The number of nitrogens with zero attached hydrogens (tertiary/aromatic N) is 1. The number of Topliss-reactive ketones (excluding diaryl/α,β-unsaturated/α-hetero) is 2. The van der Waals surface area contributed by atoms with Crippen LogP contribution < -0.4 is 10.9 Å². The smallest absolute Gasteiger partial charge is 0.330 e. The van der Waals surface area contributed by atoms with E-state index in [1.54, 1.807) is 0 Å². The summed E-state index contributed by atoms with van der Waals surface area (Å²) in [6, 6.07) is 3.05. The number of aliphatic hydroxyl groups is 4. The van der Waals surface area contributed by atoms with E-state index < -0.39 is 85.3 Å². The molecule has 0 fully saturated rings. The summed E-state index contributed by atoms with van der Waals surface area (Å²) >= 11 is 0. The van der Waals surface area contributed by atoms with Gasteiger partial charge in [0.15, 0.2) is 11.4 Å². The number of carbonyl (C=O) groups is 3. The van der Waals surface area contributed by atoms with E-state index in [-0.39, 0.29) is 17.5 Å². The van der Waals surface area contributed by atoms with Gasteiger partial charge in [0.25, 0.3) is 5.91 Å². The zero-order chi connectivity index (χ0) is 28.4. The number of rotatable bonds is 2. The van der Waals surface area contributed by atoms with Gasteiger partial charge in [-0.2, -0.15) is 8.42 Å². The van der Waals surface area contributed by atoms with Crippen molar-refractivity contribution < 1.29 is 52.9 Å². The van der Waals surface area contributed by atoms with Crippen molar-refractivity contribution >= 4 is 27.8 Å². The summed E-state index contributed by atoms with van der Waals surface area (Å²) in [4.78, 5) is 39.9. The third-order valence-electron chi connectivity index (χ3n) is 7.02. The van der Waals surface area contributed by atoms with Gasteiger partial charge in [-0.05, 0) is 39.1 Å². The van der Waals surface area contributed by atoms with Crippen LogP contribution in [-0.2, 0) is 25.5 Å². The number of aliphatic hydroxyl groups excluding tert-OH is 2. The molecule has 3 aliphatic rings. The highest BCUT2D eigenvalue weighted by Crippen LogP contribution is 2.56.